The van der Waals surface area contributed by atoms with Crippen molar-refractivity contribution in [2.24, 2.45) is 4.99 Å². The molecule has 0 amide bonds. The largest absolute Gasteiger partial charge is 0.507 e. The monoisotopic (exact) mass is 1130 g/mol. The average molecular weight is 1130 g/mol. The molecule has 12 rings (SSSR count). The molecular formula is C72H60F2N4O3S2. The first-order valence-electron chi connectivity index (χ1n) is 27.0. The van der Waals surface area contributed by atoms with E-state index < -0.39 is 0 Å². The SMILES string of the molecule is CC(C)(C)c1cc(-c2ccccc2)c2nc(-c3ccccc3N)sc2c1.CC(C)(C)c1cc(-c2ccccc2)c2nc(-c3ccccc3N=Cc3cc(-c4ccc(F)cc4)ccc3O)sc2c1.O=Cc1cc(-c2ccc(F)cc2)ccc1O. The Labute approximate surface area is 490 Å². The normalized spacial score (nSPS) is 11.5. The van der Waals surface area contributed by atoms with Crippen LogP contribution in [0.1, 0.15) is 68.6 Å². The van der Waals surface area contributed by atoms with Crippen molar-refractivity contribution in [3.8, 4) is 77.1 Å². The summed E-state index contributed by atoms with van der Waals surface area (Å²) >= 11 is 3.38. The molecule has 10 aromatic carbocycles. The first kappa shape index (κ1) is 56.8. The molecule has 0 spiro atoms. The van der Waals surface area contributed by atoms with Crippen LogP contribution in [-0.2, 0) is 10.8 Å². The molecule has 2 heterocycles. The van der Waals surface area contributed by atoms with Crippen LogP contribution in [0.3, 0.4) is 0 Å². The molecule has 12 aromatic rings. The quantitative estimate of drug-likeness (QED) is 0.0752. The van der Waals surface area contributed by atoms with Gasteiger partial charge in [0.2, 0.25) is 0 Å². The number of nitrogen functional groups attached to an aromatic ring is 1. The third-order valence-corrected chi connectivity index (χ3v) is 16.2. The Hall–Kier alpha value is -9.42. The number of halogens is 2. The van der Waals surface area contributed by atoms with Crippen LogP contribution < -0.4 is 5.73 Å². The standard InChI is InChI=1S/C36H29FN2OS.C23H22N2S.C13H9FO2/c1-36(2,3)27-20-30(24-9-5-4-6-10-24)34-33(21-27)41-35(39-34)29-11-7-8-12-31(29)38-22-26-19-25(15-18-32(26)40)23-13-16-28(37)17-14-23;1-23(2,3)16-13-18(15-9-5-4-6-10-15)21-20(14-16)26-22(25-21)17-11-7-8-12-19(17)24;14-12-4-1-9(2-5-12)10-3-6-13(16)11(7-10)8-15/h4-22,40H,1-3H3;4-14H,24H2,1-3H3;1-8,16H. The fourth-order valence-corrected chi connectivity index (χ4v) is 11.5. The molecule has 0 fully saturated rings. The lowest BCUT2D eigenvalue weighted by Gasteiger charge is -2.20. The number of anilines is 1. The summed E-state index contributed by atoms with van der Waals surface area (Å²) in [6.07, 6.45) is 2.25. The summed E-state index contributed by atoms with van der Waals surface area (Å²) < 4.78 is 28.5. The zero-order chi connectivity index (χ0) is 58.4. The fourth-order valence-electron chi connectivity index (χ4n) is 9.38. The van der Waals surface area contributed by atoms with E-state index in [1.165, 1.54) is 57.3 Å². The summed E-state index contributed by atoms with van der Waals surface area (Å²) in [6.45, 7) is 13.4. The maximum absolute atomic E-state index is 13.4. The van der Waals surface area contributed by atoms with Crippen molar-refractivity contribution in [2.45, 2.75) is 52.4 Å². The Morgan fingerprint density at radius 2 is 0.855 bits per heavy atom. The topological polar surface area (TPSA) is 122 Å². The van der Waals surface area contributed by atoms with Crippen molar-refractivity contribution < 1.29 is 23.8 Å². The van der Waals surface area contributed by atoms with Gasteiger partial charge in [-0.15, -0.1) is 22.7 Å². The first-order valence-corrected chi connectivity index (χ1v) is 28.7. The number of aliphatic imine (C=N–C) groups is 1. The van der Waals surface area contributed by atoms with Crippen molar-refractivity contribution >= 4 is 67.0 Å². The van der Waals surface area contributed by atoms with Gasteiger partial charge in [-0.1, -0.05) is 163 Å². The van der Waals surface area contributed by atoms with Crippen molar-refractivity contribution in [3.05, 3.63) is 252 Å². The van der Waals surface area contributed by atoms with Crippen LogP contribution in [0.15, 0.2) is 223 Å². The maximum atomic E-state index is 13.4. The third-order valence-electron chi connectivity index (χ3n) is 14.1. The number of rotatable bonds is 9. The zero-order valence-electron chi connectivity index (χ0n) is 46.7. The second kappa shape index (κ2) is 24.4. The average Bonchev–Trinajstić information content (AvgIpc) is 3.18. The molecule has 0 unspecified atom stereocenters. The molecule has 0 aliphatic heterocycles. The molecule has 0 saturated carbocycles. The highest BCUT2D eigenvalue weighted by Crippen LogP contribution is 2.43. The molecule has 0 radical (unpaired) electrons. The number of aldehydes is 1. The molecule has 4 N–H and O–H groups in total. The van der Waals surface area contributed by atoms with Crippen molar-refractivity contribution in [3.63, 3.8) is 0 Å². The summed E-state index contributed by atoms with van der Waals surface area (Å²) in [5.74, 6) is -0.524. The number of carbonyl (C=O) groups excluding carboxylic acids is 1. The number of para-hydroxylation sites is 2. The molecule has 0 saturated heterocycles. The van der Waals surface area contributed by atoms with E-state index in [0.717, 1.165) is 81.6 Å². The molecule has 412 valence electrons. The lowest BCUT2D eigenvalue weighted by Crippen LogP contribution is -2.11. The Morgan fingerprint density at radius 3 is 1.33 bits per heavy atom. The van der Waals surface area contributed by atoms with Crippen LogP contribution in [0.2, 0.25) is 0 Å². The minimum Gasteiger partial charge on any atom is -0.507 e. The number of hydrogen-bond acceptors (Lipinski definition) is 9. The molecule has 0 atom stereocenters. The van der Waals surface area contributed by atoms with E-state index in [4.69, 9.17) is 20.7 Å². The Kier molecular flexibility index (Phi) is 16.7. The number of carbonyl (C=O) groups is 1. The number of nitrogens with two attached hydrogens (primary N) is 1. The summed E-state index contributed by atoms with van der Waals surface area (Å²) in [7, 11) is 0. The van der Waals surface area contributed by atoms with Crippen LogP contribution in [0.5, 0.6) is 11.5 Å². The molecular weight excluding hydrogens is 1070 g/mol. The smallest absolute Gasteiger partial charge is 0.153 e. The maximum Gasteiger partial charge on any atom is 0.153 e. The summed E-state index contributed by atoms with van der Waals surface area (Å²) in [5.41, 5.74) is 23.1. The number of aromatic nitrogens is 2. The van der Waals surface area contributed by atoms with Gasteiger partial charge in [0.25, 0.3) is 0 Å². The highest BCUT2D eigenvalue weighted by molar-refractivity contribution is 7.22. The second-order valence-electron chi connectivity index (χ2n) is 22.1. The minimum absolute atomic E-state index is 0.00543. The minimum atomic E-state index is -0.307. The van der Waals surface area contributed by atoms with Crippen LogP contribution in [0.25, 0.3) is 86.1 Å². The number of phenols is 2. The summed E-state index contributed by atoms with van der Waals surface area (Å²) in [5, 5.41) is 21.8. The van der Waals surface area contributed by atoms with Gasteiger partial charge in [-0.25, -0.2) is 18.7 Å². The number of thiazole rings is 2. The summed E-state index contributed by atoms with van der Waals surface area (Å²) in [6, 6.07) is 68.1. The molecule has 2 aromatic heterocycles. The number of nitrogens with zero attached hydrogens (tertiary/aromatic N) is 3. The van der Waals surface area contributed by atoms with Gasteiger partial charge in [-0.2, -0.15) is 0 Å². The van der Waals surface area contributed by atoms with Gasteiger partial charge in [0.15, 0.2) is 6.29 Å². The van der Waals surface area contributed by atoms with E-state index >= 15 is 0 Å². The lowest BCUT2D eigenvalue weighted by molar-refractivity contribution is 0.112. The van der Waals surface area contributed by atoms with E-state index in [-0.39, 0.29) is 39.5 Å². The van der Waals surface area contributed by atoms with Gasteiger partial charge in [0, 0.05) is 39.7 Å². The van der Waals surface area contributed by atoms with Gasteiger partial charge in [0.1, 0.15) is 33.1 Å². The van der Waals surface area contributed by atoms with E-state index in [9.17, 15) is 23.8 Å². The van der Waals surface area contributed by atoms with Gasteiger partial charge in [-0.3, -0.25) is 9.79 Å². The van der Waals surface area contributed by atoms with Crippen LogP contribution >= 0.6 is 22.7 Å². The van der Waals surface area contributed by atoms with Crippen molar-refractivity contribution in [1.29, 1.82) is 0 Å². The number of benzene rings is 10. The molecule has 83 heavy (non-hydrogen) atoms. The highest BCUT2D eigenvalue weighted by Gasteiger charge is 2.22. The zero-order valence-corrected chi connectivity index (χ0v) is 48.4. The van der Waals surface area contributed by atoms with Crippen molar-refractivity contribution in [1.82, 2.24) is 9.97 Å². The van der Waals surface area contributed by atoms with Crippen LogP contribution in [0.4, 0.5) is 20.2 Å². The molecule has 0 aliphatic carbocycles. The third kappa shape index (κ3) is 13.2. The number of aromatic hydroxyl groups is 2. The van der Waals surface area contributed by atoms with Gasteiger partial charge < -0.3 is 15.9 Å². The number of fused-ring (bicyclic) bond motifs is 2. The predicted octanol–water partition coefficient (Wildman–Crippen LogP) is 19.7. The van der Waals surface area contributed by atoms with Crippen LogP contribution in [-0.4, -0.2) is 32.7 Å². The van der Waals surface area contributed by atoms with Crippen molar-refractivity contribution in [2.75, 3.05) is 5.73 Å². The second-order valence-corrected chi connectivity index (χ2v) is 24.1. The number of hydrogen-bond donors (Lipinski definition) is 3. The van der Waals surface area contributed by atoms with E-state index in [0.29, 0.717) is 11.8 Å². The molecule has 0 bridgehead atoms. The fraction of sp³-hybridized carbons (Fsp3) is 0.111. The Balaban J connectivity index is 0.000000155. The van der Waals surface area contributed by atoms with Gasteiger partial charge >= 0.3 is 0 Å². The molecule has 11 heteroatoms. The molecule has 7 nitrogen and oxygen atoms in total. The van der Waals surface area contributed by atoms with E-state index in [2.05, 4.69) is 114 Å². The molecule has 0 aliphatic rings. The predicted molar refractivity (Wildman–Crippen MR) is 342 cm³/mol. The Morgan fingerprint density at radius 1 is 0.446 bits per heavy atom. The highest BCUT2D eigenvalue weighted by atomic mass is 32.1. The van der Waals surface area contributed by atoms with Crippen LogP contribution in [0, 0.1) is 11.6 Å². The van der Waals surface area contributed by atoms with Gasteiger partial charge in [-0.05, 0) is 152 Å². The lowest BCUT2D eigenvalue weighted by atomic mass is 9.85. The number of phenolic OH excluding ortho intramolecular Hbond substituents is 2. The van der Waals surface area contributed by atoms with E-state index in [1.54, 1.807) is 71.4 Å². The Bertz CT molecular complexity index is 4300. The first-order chi connectivity index (χ1) is 39.9. The van der Waals surface area contributed by atoms with E-state index in [1.807, 2.05) is 72.8 Å². The summed E-state index contributed by atoms with van der Waals surface area (Å²) in [4.78, 5) is 25.6. The van der Waals surface area contributed by atoms with Gasteiger partial charge in [0.05, 0.1) is 31.7 Å².